The van der Waals surface area contributed by atoms with Crippen LogP contribution in [0.4, 0.5) is 0 Å². The van der Waals surface area contributed by atoms with Crippen LogP contribution in [0.25, 0.3) is 0 Å². The predicted octanol–water partition coefficient (Wildman–Crippen LogP) is -2.47. The maximum absolute atomic E-state index is 14.2. The van der Waals surface area contributed by atoms with E-state index in [0.29, 0.717) is 3.53 Å². The molecule has 3 aliphatic heterocycles. The number of aliphatic hydroxyl groups is 6. The number of amides is 2. The van der Waals surface area contributed by atoms with Crippen LogP contribution >= 0.6 is 35.7 Å². The van der Waals surface area contributed by atoms with E-state index in [1.165, 1.54) is 32.7 Å². The van der Waals surface area contributed by atoms with Crippen molar-refractivity contribution in [3.63, 3.8) is 0 Å². The fourth-order valence-corrected chi connectivity index (χ4v) is 9.83. The SMILES string of the molecule is CCCCSC(=S)SCC(C(=O)O)C(C)C(=O)NC1C(O)C(OC2OC(COCCO)[C@@H](C)C(O)[C@@H]2N)[C@H](COCCO)O[C@H]1O[C@@H]1C(COCCO)OC(OC)[C@@H](NC(C)=O)C1O. The minimum absolute atomic E-state index is 0.0141. The molecule has 0 spiro atoms. The van der Waals surface area contributed by atoms with Crippen LogP contribution < -0.4 is 16.4 Å². The number of carbonyl (C=O) groups is 3. The lowest BCUT2D eigenvalue weighted by Gasteiger charge is -2.50. The molecule has 17 atom stereocenters. The quantitative estimate of drug-likeness (QED) is 0.0301. The molecule has 22 nitrogen and oxygen atoms in total. The normalized spacial score (nSPS) is 34.2. The van der Waals surface area contributed by atoms with Gasteiger partial charge in [-0.15, -0.1) is 23.5 Å². The molecule has 3 rings (SSSR count). The summed E-state index contributed by atoms with van der Waals surface area (Å²) in [6.07, 6.45) is -13.4. The monoisotopic (exact) mass is 979 g/mol. The van der Waals surface area contributed by atoms with Crippen molar-refractivity contribution in [3.05, 3.63) is 0 Å². The van der Waals surface area contributed by atoms with Crippen LogP contribution in [0.1, 0.15) is 40.5 Å². The van der Waals surface area contributed by atoms with Crippen molar-refractivity contribution in [3.8, 4) is 0 Å². The van der Waals surface area contributed by atoms with Gasteiger partial charge >= 0.3 is 5.97 Å². The summed E-state index contributed by atoms with van der Waals surface area (Å²) >= 11 is 8.00. The lowest BCUT2D eigenvalue weighted by atomic mass is 9.89. The van der Waals surface area contributed by atoms with E-state index >= 15 is 0 Å². The van der Waals surface area contributed by atoms with E-state index in [9.17, 15) is 50.1 Å². The molecule has 0 aliphatic carbocycles. The Labute approximate surface area is 387 Å². The molecule has 0 bridgehead atoms. The van der Waals surface area contributed by atoms with Crippen LogP contribution in [0.2, 0.25) is 0 Å². The molecule has 0 radical (unpaired) electrons. The predicted molar refractivity (Wildman–Crippen MR) is 234 cm³/mol. The van der Waals surface area contributed by atoms with Crippen molar-refractivity contribution in [2.75, 3.05) is 78.1 Å². The third kappa shape index (κ3) is 16.7. The Morgan fingerprint density at radius 3 is 1.78 bits per heavy atom. The fourth-order valence-electron chi connectivity index (χ4n) is 7.25. The minimum atomic E-state index is -1.82. The average molecular weight is 980 g/mol. The highest BCUT2D eigenvalue weighted by Crippen LogP contribution is 2.34. The number of nitrogens with one attached hydrogen (secondary N) is 2. The first-order chi connectivity index (χ1) is 30.5. The second kappa shape index (κ2) is 29.4. The van der Waals surface area contributed by atoms with E-state index in [4.69, 9.17) is 60.6 Å². The van der Waals surface area contributed by atoms with Gasteiger partial charge in [0.05, 0.1) is 83.6 Å². The summed E-state index contributed by atoms with van der Waals surface area (Å²) in [6, 6.07) is -4.04. The van der Waals surface area contributed by atoms with Crippen LogP contribution in [0.3, 0.4) is 0 Å². The van der Waals surface area contributed by atoms with E-state index in [-0.39, 0.29) is 58.6 Å². The van der Waals surface area contributed by atoms with Crippen LogP contribution in [0, 0.1) is 17.8 Å². The molecular weight excluding hydrogens is 911 g/mol. The molecule has 3 heterocycles. The first-order valence-corrected chi connectivity index (χ1v) is 23.7. The zero-order chi connectivity index (χ0) is 47.5. The van der Waals surface area contributed by atoms with E-state index in [0.717, 1.165) is 30.4 Å². The van der Waals surface area contributed by atoms with Crippen LogP contribution in [0.5, 0.6) is 0 Å². The van der Waals surface area contributed by atoms with Gasteiger partial charge in [-0.1, -0.05) is 39.4 Å². The van der Waals surface area contributed by atoms with E-state index in [1.807, 2.05) is 6.92 Å². The second-order valence-electron chi connectivity index (χ2n) is 15.6. The number of carboxylic acid groups (broad SMARTS) is 1. The zero-order valence-corrected chi connectivity index (χ0v) is 39.3. The first kappa shape index (κ1) is 56.9. The molecule has 3 fully saturated rings. The van der Waals surface area contributed by atoms with E-state index < -0.39 is 128 Å². The first-order valence-electron chi connectivity index (χ1n) is 21.3. The van der Waals surface area contributed by atoms with Crippen molar-refractivity contribution in [2.24, 2.45) is 23.5 Å². The van der Waals surface area contributed by atoms with Crippen molar-refractivity contribution in [1.29, 1.82) is 0 Å². The van der Waals surface area contributed by atoms with Gasteiger partial charge in [0, 0.05) is 31.6 Å². The molecule has 11 unspecified atom stereocenters. The Morgan fingerprint density at radius 1 is 0.781 bits per heavy atom. The Balaban J connectivity index is 2.07. The van der Waals surface area contributed by atoms with Gasteiger partial charge in [-0.05, 0) is 12.2 Å². The number of carboxylic acids is 1. The Kier molecular flexibility index (Phi) is 26.2. The number of methoxy groups -OCH3 is 1. The van der Waals surface area contributed by atoms with Gasteiger partial charge in [-0.2, -0.15) is 0 Å². The molecule has 25 heteroatoms. The molecule has 0 aromatic heterocycles. The molecule has 0 saturated carbocycles. The van der Waals surface area contributed by atoms with Crippen LogP contribution in [0.15, 0.2) is 0 Å². The minimum Gasteiger partial charge on any atom is -0.481 e. The van der Waals surface area contributed by atoms with Gasteiger partial charge in [0.15, 0.2) is 18.9 Å². The molecule has 64 heavy (non-hydrogen) atoms. The fraction of sp³-hybridized carbons (Fsp3) is 0.897. The number of carbonyl (C=O) groups excluding carboxylic acids is 2. The van der Waals surface area contributed by atoms with Gasteiger partial charge in [-0.25, -0.2) is 0 Å². The number of aliphatic carboxylic acids is 1. The van der Waals surface area contributed by atoms with Gasteiger partial charge < -0.3 is 94.7 Å². The number of thioether (sulfide) groups is 2. The average Bonchev–Trinajstić information content (AvgIpc) is 3.25. The molecule has 372 valence electrons. The number of unbranched alkanes of at least 4 members (excludes halogenated alkanes) is 1. The number of ether oxygens (including phenoxy) is 9. The molecule has 0 aromatic carbocycles. The Bertz CT molecular complexity index is 1420. The molecule has 3 saturated heterocycles. The van der Waals surface area contributed by atoms with Gasteiger partial charge in [0.2, 0.25) is 11.8 Å². The van der Waals surface area contributed by atoms with E-state index in [1.54, 1.807) is 6.92 Å². The van der Waals surface area contributed by atoms with Crippen molar-refractivity contribution >= 4 is 57.1 Å². The van der Waals surface area contributed by atoms with Gasteiger partial charge in [0.25, 0.3) is 0 Å². The molecule has 3 aliphatic rings. The van der Waals surface area contributed by atoms with Crippen molar-refractivity contribution in [2.45, 2.75) is 126 Å². The van der Waals surface area contributed by atoms with Crippen LogP contribution in [-0.4, -0.2) is 221 Å². The third-order valence-electron chi connectivity index (χ3n) is 11.0. The second-order valence-corrected chi connectivity index (χ2v) is 18.9. The summed E-state index contributed by atoms with van der Waals surface area (Å²) in [5, 5.41) is 79.0. The van der Waals surface area contributed by atoms with Crippen LogP contribution in [-0.2, 0) is 57.0 Å². The lowest BCUT2D eigenvalue weighted by molar-refractivity contribution is -0.351. The van der Waals surface area contributed by atoms with E-state index in [2.05, 4.69) is 10.6 Å². The Morgan fingerprint density at radius 2 is 1.28 bits per heavy atom. The topological polar surface area (TPSA) is 326 Å². The summed E-state index contributed by atoms with van der Waals surface area (Å²) in [5.74, 6) is -5.00. The number of hydrogen-bond acceptors (Lipinski definition) is 22. The third-order valence-corrected chi connectivity index (χ3v) is 13.9. The largest absolute Gasteiger partial charge is 0.481 e. The number of rotatable bonds is 27. The maximum atomic E-state index is 14.2. The number of thiocarbonyl (C=S) groups is 1. The maximum Gasteiger partial charge on any atom is 0.308 e. The number of nitrogens with two attached hydrogens (primary N) is 1. The number of aliphatic hydroxyl groups excluding tert-OH is 6. The summed E-state index contributed by atoms with van der Waals surface area (Å²) < 4.78 is 54.0. The summed E-state index contributed by atoms with van der Waals surface area (Å²) in [5.41, 5.74) is 6.42. The molecular formula is C39H69N3O19S3. The van der Waals surface area contributed by atoms with Gasteiger partial charge in [0.1, 0.15) is 52.2 Å². The highest BCUT2D eigenvalue weighted by atomic mass is 32.2. The molecule has 0 aromatic rings. The summed E-state index contributed by atoms with van der Waals surface area (Å²) in [6.45, 7) is 4.27. The highest BCUT2D eigenvalue weighted by Gasteiger charge is 2.54. The molecule has 11 N–H and O–H groups in total. The summed E-state index contributed by atoms with van der Waals surface area (Å²) in [4.78, 5) is 39.1. The van der Waals surface area contributed by atoms with Crippen molar-refractivity contribution < 1.29 is 92.8 Å². The summed E-state index contributed by atoms with van der Waals surface area (Å²) in [7, 11) is 1.29. The Hall–Kier alpha value is -1.44. The zero-order valence-electron chi connectivity index (χ0n) is 36.8. The van der Waals surface area contributed by atoms with Gasteiger partial charge in [-0.3, -0.25) is 14.4 Å². The van der Waals surface area contributed by atoms with Crippen molar-refractivity contribution in [1.82, 2.24) is 10.6 Å². The standard InChI is InChI=1S/C39H69N3O19S3/c1-6-7-14-63-39(62)64-18-22(35(51)52)19(2)34(50)42-28-31(49)32(60-36-26(40)29(47)20(3)23(57-36)15-54-11-8-43)25(17-56-13-10-45)59-38(28)61-33-24(16-55-12-9-44)58-37(53-5)27(30(33)48)41-21(4)46/h19-20,22-33,36-38,43-45,47-49H,6-18,40H2,1-5H3,(H,41,46)(H,42,50)(H,51,52)/t19?,20-,22?,23?,24?,25+,26+,27+,28?,29?,30?,31?,32?,33-,36?,37?,38+/m1/s1. The number of hydrogen-bond donors (Lipinski definition) is 10. The smallest absolute Gasteiger partial charge is 0.308 e. The lowest BCUT2D eigenvalue weighted by Crippen LogP contribution is -2.70. The molecule has 2 amide bonds. The highest BCUT2D eigenvalue weighted by molar-refractivity contribution is 8.47.